The second kappa shape index (κ2) is 8.81. The molecule has 3 aromatic carbocycles. The van der Waals surface area contributed by atoms with E-state index < -0.39 is 15.8 Å². The Morgan fingerprint density at radius 1 is 0.806 bits per heavy atom. The number of sulfone groups is 1. The molecule has 162 valence electrons. The molecule has 0 spiro atoms. The van der Waals surface area contributed by atoms with Crippen molar-refractivity contribution >= 4 is 15.8 Å². The summed E-state index contributed by atoms with van der Waals surface area (Å²) in [6.07, 6.45) is 0. The highest BCUT2D eigenvalue weighted by Crippen LogP contribution is 2.25. The normalized spacial score (nSPS) is 11.7. The molecule has 6 nitrogen and oxygen atoms in total. The minimum atomic E-state index is -3.72. The summed E-state index contributed by atoms with van der Waals surface area (Å²) in [6.45, 7) is 5.99. The van der Waals surface area contributed by atoms with E-state index in [0.29, 0.717) is 11.5 Å². The molecule has 31 heavy (non-hydrogen) atoms. The summed E-state index contributed by atoms with van der Waals surface area (Å²) in [4.78, 5) is 12.2. The Morgan fingerprint density at radius 2 is 1.29 bits per heavy atom. The molecule has 0 aromatic heterocycles. The molecule has 7 heteroatoms. The molecule has 0 bridgehead atoms. The van der Waals surface area contributed by atoms with Crippen LogP contribution in [-0.4, -0.2) is 26.1 Å². The van der Waals surface area contributed by atoms with Crippen LogP contribution < -0.4 is 9.47 Å². The van der Waals surface area contributed by atoms with Gasteiger partial charge in [-0.05, 0) is 71.6 Å². The predicted octanol–water partition coefficient (Wildman–Crippen LogP) is 4.51. The molecule has 0 saturated carbocycles. The van der Waals surface area contributed by atoms with Crippen LogP contribution in [0.2, 0.25) is 0 Å². The van der Waals surface area contributed by atoms with Crippen molar-refractivity contribution in [1.82, 2.24) is 0 Å². The van der Waals surface area contributed by atoms with Gasteiger partial charge in [0.05, 0.1) is 9.79 Å². The number of benzene rings is 3. The highest BCUT2D eigenvalue weighted by molar-refractivity contribution is 7.91. The van der Waals surface area contributed by atoms with Crippen LogP contribution in [0.15, 0.2) is 82.6 Å². The maximum Gasteiger partial charge on any atom is 0.349 e. The largest absolute Gasteiger partial charge is 0.508 e. The smallest absolute Gasteiger partial charge is 0.349 e. The van der Waals surface area contributed by atoms with Gasteiger partial charge in [0, 0.05) is 0 Å². The lowest BCUT2D eigenvalue weighted by molar-refractivity contribution is -0.136. The monoisotopic (exact) mass is 440 g/mol. The molecule has 0 aliphatic heterocycles. The number of esters is 1. The summed E-state index contributed by atoms with van der Waals surface area (Å²) >= 11 is 0. The van der Waals surface area contributed by atoms with Crippen molar-refractivity contribution in [3.63, 3.8) is 0 Å². The quantitative estimate of drug-likeness (QED) is 0.448. The van der Waals surface area contributed by atoms with E-state index in [9.17, 15) is 18.3 Å². The molecule has 0 radical (unpaired) electrons. The molecule has 0 saturated heterocycles. The van der Waals surface area contributed by atoms with E-state index in [4.69, 9.17) is 9.47 Å². The maximum absolute atomic E-state index is 12.6. The molecule has 0 aliphatic rings. The molecule has 0 fully saturated rings. The molecule has 3 rings (SSSR count). The fraction of sp³-hybridized carbons (Fsp3) is 0.208. The van der Waals surface area contributed by atoms with E-state index in [2.05, 4.69) is 20.8 Å². The Balaban J connectivity index is 1.59. The minimum absolute atomic E-state index is 0.00752. The third-order valence-corrected chi connectivity index (χ3v) is 6.38. The first kappa shape index (κ1) is 22.4. The number of rotatable bonds is 6. The molecular weight excluding hydrogens is 416 g/mol. The van der Waals surface area contributed by atoms with Crippen LogP contribution in [0, 0.1) is 0 Å². The zero-order chi connectivity index (χ0) is 22.6. The van der Waals surface area contributed by atoms with Crippen LogP contribution in [-0.2, 0) is 20.0 Å². The first-order valence-electron chi connectivity index (χ1n) is 9.64. The molecule has 0 amide bonds. The lowest BCUT2D eigenvalue weighted by Gasteiger charge is -2.19. The summed E-state index contributed by atoms with van der Waals surface area (Å²) in [5.41, 5.74) is 1.14. The average Bonchev–Trinajstić information content (AvgIpc) is 2.73. The van der Waals surface area contributed by atoms with Gasteiger partial charge in [0.15, 0.2) is 6.61 Å². The zero-order valence-corrected chi connectivity index (χ0v) is 18.3. The first-order valence-corrected chi connectivity index (χ1v) is 11.1. The van der Waals surface area contributed by atoms with Crippen LogP contribution in [0.1, 0.15) is 26.3 Å². The third-order valence-electron chi connectivity index (χ3n) is 4.59. The van der Waals surface area contributed by atoms with Crippen LogP contribution >= 0.6 is 0 Å². The van der Waals surface area contributed by atoms with Crippen molar-refractivity contribution in [2.75, 3.05) is 6.61 Å². The summed E-state index contributed by atoms with van der Waals surface area (Å²) in [7, 11) is -3.72. The highest BCUT2D eigenvalue weighted by atomic mass is 32.2. The van der Waals surface area contributed by atoms with Gasteiger partial charge in [-0.2, -0.15) is 0 Å². The topological polar surface area (TPSA) is 89.9 Å². The van der Waals surface area contributed by atoms with Crippen molar-refractivity contribution in [3.05, 3.63) is 78.4 Å². The van der Waals surface area contributed by atoms with Crippen LogP contribution in [0.3, 0.4) is 0 Å². The number of phenolic OH excluding ortho intramolecular Hbond substituents is 1. The Bertz CT molecular complexity index is 1140. The summed E-state index contributed by atoms with van der Waals surface area (Å²) in [5, 5.41) is 9.32. The summed E-state index contributed by atoms with van der Waals surface area (Å²) in [5.74, 6) is 0.186. The molecule has 0 atom stereocenters. The van der Waals surface area contributed by atoms with Crippen LogP contribution in [0.25, 0.3) is 0 Å². The van der Waals surface area contributed by atoms with Crippen LogP contribution in [0.5, 0.6) is 17.2 Å². The van der Waals surface area contributed by atoms with Gasteiger partial charge in [0.1, 0.15) is 17.2 Å². The van der Waals surface area contributed by atoms with E-state index in [1.54, 1.807) is 12.1 Å². The van der Waals surface area contributed by atoms with Gasteiger partial charge in [0.2, 0.25) is 9.84 Å². The molecular formula is C24H24O6S. The lowest BCUT2D eigenvalue weighted by Crippen LogP contribution is -2.18. The molecule has 1 N–H and O–H groups in total. The number of hydrogen-bond acceptors (Lipinski definition) is 6. The molecule has 0 aliphatic carbocycles. The van der Waals surface area contributed by atoms with E-state index >= 15 is 0 Å². The van der Waals surface area contributed by atoms with Crippen molar-refractivity contribution in [3.8, 4) is 17.2 Å². The Labute approximate surface area is 182 Å². The van der Waals surface area contributed by atoms with Gasteiger partial charge in [-0.3, -0.25) is 0 Å². The maximum atomic E-state index is 12.6. The van der Waals surface area contributed by atoms with Crippen molar-refractivity contribution < 1.29 is 27.8 Å². The van der Waals surface area contributed by atoms with E-state index in [1.165, 1.54) is 48.5 Å². The van der Waals surface area contributed by atoms with Gasteiger partial charge in [-0.25, -0.2) is 13.2 Å². The summed E-state index contributed by atoms with van der Waals surface area (Å²) < 4.78 is 35.9. The molecule has 3 aromatic rings. The van der Waals surface area contributed by atoms with E-state index in [-0.39, 0.29) is 27.6 Å². The lowest BCUT2D eigenvalue weighted by atomic mass is 9.87. The van der Waals surface area contributed by atoms with Gasteiger partial charge < -0.3 is 14.6 Å². The number of carbonyl (C=O) groups is 1. The zero-order valence-electron chi connectivity index (χ0n) is 17.5. The van der Waals surface area contributed by atoms with Gasteiger partial charge in [-0.15, -0.1) is 0 Å². The summed E-state index contributed by atoms with van der Waals surface area (Å²) in [6, 6.07) is 18.3. The number of aromatic hydroxyl groups is 1. The standard InChI is InChI=1S/C24H24O6S/c1-24(2,3)17-4-8-20(9-5-17)30-23(26)16-29-19-10-14-22(15-11-19)31(27,28)21-12-6-18(25)7-13-21/h4-15,25H,16H2,1-3H3. The number of phenols is 1. The second-order valence-corrected chi connectivity index (χ2v) is 9.96. The van der Waals surface area contributed by atoms with Gasteiger partial charge in [-0.1, -0.05) is 32.9 Å². The fourth-order valence-electron chi connectivity index (χ4n) is 2.80. The molecule has 0 unspecified atom stereocenters. The number of carbonyl (C=O) groups excluding carboxylic acids is 1. The molecule has 0 heterocycles. The fourth-order valence-corrected chi connectivity index (χ4v) is 4.06. The third kappa shape index (κ3) is 5.64. The number of hydrogen-bond donors (Lipinski definition) is 1. The van der Waals surface area contributed by atoms with Crippen molar-refractivity contribution in [2.45, 2.75) is 36.0 Å². The van der Waals surface area contributed by atoms with E-state index in [0.717, 1.165) is 5.56 Å². The average molecular weight is 441 g/mol. The number of ether oxygens (including phenoxy) is 2. The highest BCUT2D eigenvalue weighted by Gasteiger charge is 2.18. The SMILES string of the molecule is CC(C)(C)c1ccc(OC(=O)COc2ccc(S(=O)(=O)c3ccc(O)cc3)cc2)cc1. The first-order chi connectivity index (χ1) is 14.6. The van der Waals surface area contributed by atoms with E-state index in [1.807, 2.05) is 12.1 Å². The predicted molar refractivity (Wildman–Crippen MR) is 116 cm³/mol. The van der Waals surface area contributed by atoms with Crippen LogP contribution in [0.4, 0.5) is 0 Å². The van der Waals surface area contributed by atoms with Crippen molar-refractivity contribution in [1.29, 1.82) is 0 Å². The minimum Gasteiger partial charge on any atom is -0.508 e. The van der Waals surface area contributed by atoms with Gasteiger partial charge >= 0.3 is 5.97 Å². The van der Waals surface area contributed by atoms with Crippen molar-refractivity contribution in [2.24, 2.45) is 0 Å². The Kier molecular flexibility index (Phi) is 6.36. The Hall–Kier alpha value is -3.32. The second-order valence-electron chi connectivity index (χ2n) is 8.01. The van der Waals surface area contributed by atoms with Gasteiger partial charge in [0.25, 0.3) is 0 Å². The Morgan fingerprint density at radius 3 is 1.81 bits per heavy atom.